The SMILES string of the molecule is CCOc1cc(CNC[C@@H]2CCCO2)cc(Br)c1OCc1ccc(Cl)cc1. The molecule has 2 aromatic carbocycles. The summed E-state index contributed by atoms with van der Waals surface area (Å²) >= 11 is 9.57. The topological polar surface area (TPSA) is 39.7 Å². The molecule has 1 saturated heterocycles. The maximum absolute atomic E-state index is 6.03. The Hall–Kier alpha value is -1.27. The molecule has 0 aliphatic carbocycles. The first kappa shape index (κ1) is 20.5. The van der Waals surface area contributed by atoms with Crippen LogP contribution in [-0.4, -0.2) is 25.9 Å². The van der Waals surface area contributed by atoms with E-state index in [2.05, 4.69) is 27.3 Å². The number of nitrogens with one attached hydrogen (secondary N) is 1. The van der Waals surface area contributed by atoms with Gasteiger partial charge in [0.2, 0.25) is 0 Å². The Morgan fingerprint density at radius 1 is 1.19 bits per heavy atom. The predicted octanol–water partition coefficient (Wildman–Crippen LogP) is 5.35. The highest BCUT2D eigenvalue weighted by molar-refractivity contribution is 9.10. The molecule has 1 N–H and O–H groups in total. The fourth-order valence-corrected chi connectivity index (χ4v) is 3.78. The smallest absolute Gasteiger partial charge is 0.175 e. The number of hydrogen-bond acceptors (Lipinski definition) is 4. The first-order valence-electron chi connectivity index (χ1n) is 9.30. The molecular weight excluding hydrogens is 430 g/mol. The van der Waals surface area contributed by atoms with E-state index in [4.69, 9.17) is 25.8 Å². The summed E-state index contributed by atoms with van der Waals surface area (Å²) in [7, 11) is 0. The van der Waals surface area contributed by atoms with E-state index in [1.165, 1.54) is 0 Å². The quantitative estimate of drug-likeness (QED) is 0.554. The van der Waals surface area contributed by atoms with Crippen LogP contribution in [0.5, 0.6) is 11.5 Å². The van der Waals surface area contributed by atoms with Crippen molar-refractivity contribution in [3.05, 3.63) is 57.0 Å². The summed E-state index contributed by atoms with van der Waals surface area (Å²) in [6.07, 6.45) is 2.63. The largest absolute Gasteiger partial charge is 0.490 e. The van der Waals surface area contributed by atoms with Crippen molar-refractivity contribution in [3.8, 4) is 11.5 Å². The van der Waals surface area contributed by atoms with Crippen molar-refractivity contribution in [1.29, 1.82) is 0 Å². The third-order valence-corrected chi connectivity index (χ3v) is 5.23. The van der Waals surface area contributed by atoms with Crippen molar-refractivity contribution >= 4 is 27.5 Å². The zero-order valence-electron chi connectivity index (χ0n) is 15.5. The average molecular weight is 455 g/mol. The van der Waals surface area contributed by atoms with Crippen molar-refractivity contribution in [3.63, 3.8) is 0 Å². The van der Waals surface area contributed by atoms with E-state index in [9.17, 15) is 0 Å². The molecule has 0 spiro atoms. The van der Waals surface area contributed by atoms with Gasteiger partial charge in [-0.3, -0.25) is 0 Å². The number of benzene rings is 2. The van der Waals surface area contributed by atoms with Gasteiger partial charge >= 0.3 is 0 Å². The van der Waals surface area contributed by atoms with Gasteiger partial charge in [0.15, 0.2) is 11.5 Å². The van der Waals surface area contributed by atoms with Crippen LogP contribution in [0.4, 0.5) is 0 Å². The molecule has 0 unspecified atom stereocenters. The zero-order chi connectivity index (χ0) is 19.1. The van der Waals surface area contributed by atoms with Crippen LogP contribution in [0.15, 0.2) is 40.9 Å². The van der Waals surface area contributed by atoms with Crippen LogP contribution in [0, 0.1) is 0 Å². The Balaban J connectivity index is 1.64. The molecule has 146 valence electrons. The van der Waals surface area contributed by atoms with E-state index < -0.39 is 0 Å². The fraction of sp³-hybridized carbons (Fsp3) is 0.429. The zero-order valence-corrected chi connectivity index (χ0v) is 17.8. The summed E-state index contributed by atoms with van der Waals surface area (Å²) < 4.78 is 18.4. The molecule has 1 aliphatic heterocycles. The lowest BCUT2D eigenvalue weighted by Gasteiger charge is -2.16. The van der Waals surface area contributed by atoms with Crippen molar-refractivity contribution in [1.82, 2.24) is 5.32 Å². The van der Waals surface area contributed by atoms with E-state index in [-0.39, 0.29) is 0 Å². The normalized spacial score (nSPS) is 16.5. The summed E-state index contributed by atoms with van der Waals surface area (Å²) in [5.41, 5.74) is 2.19. The van der Waals surface area contributed by atoms with Gasteiger partial charge in [-0.15, -0.1) is 0 Å². The van der Waals surface area contributed by atoms with Crippen LogP contribution in [0.3, 0.4) is 0 Å². The van der Waals surface area contributed by atoms with Crippen LogP contribution in [0.1, 0.15) is 30.9 Å². The Bertz CT molecular complexity index is 733. The minimum Gasteiger partial charge on any atom is -0.490 e. The molecule has 3 rings (SSSR count). The van der Waals surface area contributed by atoms with Crippen LogP contribution < -0.4 is 14.8 Å². The highest BCUT2D eigenvalue weighted by atomic mass is 79.9. The first-order chi connectivity index (χ1) is 13.2. The molecule has 4 nitrogen and oxygen atoms in total. The molecular formula is C21H25BrClNO3. The second-order valence-corrected chi connectivity index (χ2v) is 7.81. The van der Waals surface area contributed by atoms with E-state index >= 15 is 0 Å². The molecule has 0 saturated carbocycles. The molecule has 0 bridgehead atoms. The summed E-state index contributed by atoms with van der Waals surface area (Å²) in [4.78, 5) is 0. The maximum Gasteiger partial charge on any atom is 0.175 e. The van der Waals surface area contributed by atoms with Crippen molar-refractivity contribution in [2.75, 3.05) is 19.8 Å². The van der Waals surface area contributed by atoms with Gasteiger partial charge in [-0.1, -0.05) is 23.7 Å². The van der Waals surface area contributed by atoms with Gasteiger partial charge in [0.25, 0.3) is 0 Å². The summed E-state index contributed by atoms with van der Waals surface area (Å²) in [5, 5.41) is 4.19. The van der Waals surface area contributed by atoms with Gasteiger partial charge in [-0.05, 0) is 71.1 Å². The van der Waals surface area contributed by atoms with E-state index in [1.807, 2.05) is 37.3 Å². The molecule has 0 radical (unpaired) electrons. The molecule has 1 fully saturated rings. The summed E-state index contributed by atoms with van der Waals surface area (Å²) in [6.45, 7) is 5.51. The molecule has 1 aliphatic rings. The highest BCUT2D eigenvalue weighted by Gasteiger charge is 2.16. The van der Waals surface area contributed by atoms with Gasteiger partial charge in [0, 0.05) is 24.7 Å². The lowest BCUT2D eigenvalue weighted by Crippen LogP contribution is -2.25. The van der Waals surface area contributed by atoms with Crippen LogP contribution in [0.2, 0.25) is 5.02 Å². The lowest BCUT2D eigenvalue weighted by molar-refractivity contribution is 0.110. The average Bonchev–Trinajstić information content (AvgIpc) is 3.16. The minimum atomic E-state index is 0.335. The lowest BCUT2D eigenvalue weighted by atomic mass is 10.2. The van der Waals surface area contributed by atoms with Crippen LogP contribution in [-0.2, 0) is 17.9 Å². The number of ether oxygens (including phenoxy) is 3. The van der Waals surface area contributed by atoms with Crippen molar-refractivity contribution in [2.45, 2.75) is 39.0 Å². The van der Waals surface area contributed by atoms with Crippen molar-refractivity contribution in [2.24, 2.45) is 0 Å². The van der Waals surface area contributed by atoms with Gasteiger partial charge in [-0.25, -0.2) is 0 Å². The second-order valence-electron chi connectivity index (χ2n) is 6.52. The van der Waals surface area contributed by atoms with Gasteiger partial charge in [-0.2, -0.15) is 0 Å². The van der Waals surface area contributed by atoms with Gasteiger partial charge in [0.1, 0.15) is 6.61 Å². The Morgan fingerprint density at radius 2 is 2.00 bits per heavy atom. The third-order valence-electron chi connectivity index (χ3n) is 4.39. The van der Waals surface area contributed by atoms with Crippen LogP contribution >= 0.6 is 27.5 Å². The number of rotatable bonds is 9. The van der Waals surface area contributed by atoms with Gasteiger partial charge in [0.05, 0.1) is 17.2 Å². The van der Waals surface area contributed by atoms with Crippen LogP contribution in [0.25, 0.3) is 0 Å². The Labute approximate surface area is 174 Å². The molecule has 0 amide bonds. The van der Waals surface area contributed by atoms with E-state index in [0.717, 1.165) is 64.7 Å². The monoisotopic (exact) mass is 453 g/mol. The number of halogens is 2. The first-order valence-corrected chi connectivity index (χ1v) is 10.5. The van der Waals surface area contributed by atoms with Crippen molar-refractivity contribution < 1.29 is 14.2 Å². The second kappa shape index (κ2) is 10.3. The highest BCUT2D eigenvalue weighted by Crippen LogP contribution is 2.37. The Kier molecular flexibility index (Phi) is 7.82. The maximum atomic E-state index is 6.03. The molecule has 1 atom stereocenters. The third kappa shape index (κ3) is 6.11. The van der Waals surface area contributed by atoms with Gasteiger partial charge < -0.3 is 19.5 Å². The van der Waals surface area contributed by atoms with E-state index in [0.29, 0.717) is 19.3 Å². The summed E-state index contributed by atoms with van der Waals surface area (Å²) in [5.74, 6) is 1.46. The number of hydrogen-bond donors (Lipinski definition) is 1. The standard InChI is InChI=1S/C21H25BrClNO3/c1-2-25-20-11-16(12-24-13-18-4-3-9-26-18)10-19(22)21(20)27-14-15-5-7-17(23)8-6-15/h5-8,10-11,18,24H,2-4,9,12-14H2,1H3/t18-/m0/s1. The Morgan fingerprint density at radius 3 is 2.70 bits per heavy atom. The molecule has 1 heterocycles. The fourth-order valence-electron chi connectivity index (χ4n) is 3.05. The molecule has 0 aromatic heterocycles. The molecule has 2 aromatic rings. The molecule has 27 heavy (non-hydrogen) atoms. The summed E-state index contributed by atoms with van der Waals surface area (Å²) in [6, 6.07) is 11.7. The molecule has 6 heteroatoms. The minimum absolute atomic E-state index is 0.335. The van der Waals surface area contributed by atoms with E-state index in [1.54, 1.807) is 0 Å². The predicted molar refractivity (Wildman–Crippen MR) is 112 cm³/mol.